The number of ether oxygens (including phenoxy) is 1. The van der Waals surface area contributed by atoms with Crippen LogP contribution in [-0.4, -0.2) is 19.1 Å². The van der Waals surface area contributed by atoms with Crippen LogP contribution in [0.3, 0.4) is 0 Å². The predicted molar refractivity (Wildman–Crippen MR) is 67.2 cm³/mol. The Morgan fingerprint density at radius 2 is 2.35 bits per heavy atom. The minimum Gasteiger partial charge on any atom is -0.502 e. The molecule has 0 aliphatic rings. The minimum absolute atomic E-state index is 0.240. The maximum Gasteiger partial charge on any atom is 0.252 e. The second-order valence-electron chi connectivity index (χ2n) is 3.27. The first-order chi connectivity index (χ1) is 8.15. The summed E-state index contributed by atoms with van der Waals surface area (Å²) < 4.78 is 18.2. The van der Waals surface area contributed by atoms with E-state index in [9.17, 15) is 9.18 Å². The van der Waals surface area contributed by atoms with Crippen LogP contribution in [0.1, 0.15) is 16.8 Å². The van der Waals surface area contributed by atoms with Gasteiger partial charge in [0.1, 0.15) is 5.82 Å². The summed E-state index contributed by atoms with van der Waals surface area (Å²) in [4.78, 5) is 11.7. The van der Waals surface area contributed by atoms with Crippen LogP contribution in [-0.2, 0) is 4.74 Å². The molecule has 1 aromatic carbocycles. The van der Waals surface area contributed by atoms with E-state index in [2.05, 4.69) is 27.8 Å². The van der Waals surface area contributed by atoms with Crippen LogP contribution < -0.4 is 5.32 Å². The number of nitrogens with one attached hydrogen (secondary N) is 1. The fourth-order valence-electron chi connectivity index (χ4n) is 1.21. The van der Waals surface area contributed by atoms with Crippen molar-refractivity contribution in [2.75, 3.05) is 13.2 Å². The lowest BCUT2D eigenvalue weighted by molar-refractivity contribution is 0.0949. The lowest BCUT2D eigenvalue weighted by Gasteiger charge is -2.06. The number of rotatable bonds is 6. The van der Waals surface area contributed by atoms with E-state index in [-0.39, 0.29) is 11.7 Å². The molecule has 0 spiro atoms. The van der Waals surface area contributed by atoms with E-state index < -0.39 is 0 Å². The Hall–Kier alpha value is -1.36. The van der Waals surface area contributed by atoms with Gasteiger partial charge < -0.3 is 10.1 Å². The highest BCUT2D eigenvalue weighted by atomic mass is 79.9. The molecule has 0 aromatic heterocycles. The van der Waals surface area contributed by atoms with Gasteiger partial charge in [-0.15, -0.1) is 0 Å². The van der Waals surface area contributed by atoms with Crippen molar-refractivity contribution in [2.24, 2.45) is 0 Å². The molecule has 0 fully saturated rings. The monoisotopic (exact) mass is 301 g/mol. The number of hydrogen-bond acceptors (Lipinski definition) is 2. The molecular formula is C12H13BrFNO2. The number of amides is 1. The van der Waals surface area contributed by atoms with Crippen molar-refractivity contribution in [3.8, 4) is 0 Å². The molecular weight excluding hydrogens is 289 g/mol. The van der Waals surface area contributed by atoms with Crippen molar-refractivity contribution in [3.63, 3.8) is 0 Å². The first-order valence-corrected chi connectivity index (χ1v) is 5.90. The summed E-state index contributed by atoms with van der Waals surface area (Å²) in [7, 11) is 0. The highest BCUT2D eigenvalue weighted by Gasteiger charge is 2.09. The van der Waals surface area contributed by atoms with Crippen molar-refractivity contribution in [3.05, 3.63) is 46.9 Å². The molecule has 1 N–H and O–H groups in total. The molecule has 0 atom stereocenters. The van der Waals surface area contributed by atoms with Crippen LogP contribution in [0.25, 0.3) is 0 Å². The van der Waals surface area contributed by atoms with E-state index in [1.807, 2.05) is 0 Å². The van der Waals surface area contributed by atoms with Crippen molar-refractivity contribution >= 4 is 21.8 Å². The van der Waals surface area contributed by atoms with Crippen LogP contribution in [0.5, 0.6) is 0 Å². The third kappa shape index (κ3) is 4.56. The van der Waals surface area contributed by atoms with Crippen molar-refractivity contribution in [1.82, 2.24) is 5.32 Å². The molecule has 5 heteroatoms. The molecule has 1 aromatic rings. The standard InChI is InChI=1S/C12H13BrFNO2/c1-2-17-7-3-6-15-12(16)10-5-4-9(14)8-11(10)13/h2,4-5,8H,1,3,6-7H2,(H,15,16). The SMILES string of the molecule is C=COCCCNC(=O)c1ccc(F)cc1Br. The normalized spacial score (nSPS) is 9.76. The zero-order valence-electron chi connectivity index (χ0n) is 9.21. The van der Waals surface area contributed by atoms with Gasteiger partial charge in [0.15, 0.2) is 0 Å². The maximum atomic E-state index is 12.8. The lowest BCUT2D eigenvalue weighted by Crippen LogP contribution is -2.25. The molecule has 92 valence electrons. The van der Waals surface area contributed by atoms with E-state index >= 15 is 0 Å². The number of benzene rings is 1. The molecule has 0 heterocycles. The van der Waals surface area contributed by atoms with Crippen molar-refractivity contribution in [2.45, 2.75) is 6.42 Å². The average Bonchev–Trinajstić information content (AvgIpc) is 2.28. The van der Waals surface area contributed by atoms with Crippen molar-refractivity contribution in [1.29, 1.82) is 0 Å². The van der Waals surface area contributed by atoms with E-state index in [1.165, 1.54) is 24.5 Å². The zero-order valence-corrected chi connectivity index (χ0v) is 10.8. The van der Waals surface area contributed by atoms with Crippen LogP contribution >= 0.6 is 15.9 Å². The Bertz CT molecular complexity index is 409. The molecule has 1 rings (SSSR count). The molecule has 0 unspecified atom stereocenters. The topological polar surface area (TPSA) is 38.3 Å². The molecule has 17 heavy (non-hydrogen) atoms. The molecule has 3 nitrogen and oxygen atoms in total. The predicted octanol–water partition coefficient (Wildman–Crippen LogP) is 2.87. The summed E-state index contributed by atoms with van der Waals surface area (Å²) in [6.07, 6.45) is 2.05. The van der Waals surface area contributed by atoms with Crippen LogP contribution in [0.2, 0.25) is 0 Å². The zero-order chi connectivity index (χ0) is 12.7. The van der Waals surface area contributed by atoms with Gasteiger partial charge >= 0.3 is 0 Å². The molecule has 0 radical (unpaired) electrons. The van der Waals surface area contributed by atoms with Gasteiger partial charge in [-0.1, -0.05) is 6.58 Å². The smallest absolute Gasteiger partial charge is 0.252 e. The lowest BCUT2D eigenvalue weighted by atomic mass is 10.2. The number of hydrogen-bond donors (Lipinski definition) is 1. The fourth-order valence-corrected chi connectivity index (χ4v) is 1.74. The summed E-state index contributed by atoms with van der Waals surface area (Å²) in [5.74, 6) is -0.622. The number of carbonyl (C=O) groups excluding carboxylic acids is 1. The Morgan fingerprint density at radius 3 is 3.00 bits per heavy atom. The summed E-state index contributed by atoms with van der Waals surface area (Å²) >= 11 is 3.14. The van der Waals surface area contributed by atoms with Gasteiger partial charge in [0, 0.05) is 11.0 Å². The third-order valence-electron chi connectivity index (χ3n) is 2.02. The van der Waals surface area contributed by atoms with E-state index in [0.717, 1.165) is 0 Å². The third-order valence-corrected chi connectivity index (χ3v) is 2.67. The minimum atomic E-state index is -0.382. The quantitative estimate of drug-likeness (QED) is 0.648. The Balaban J connectivity index is 2.44. The largest absolute Gasteiger partial charge is 0.502 e. The van der Waals surface area contributed by atoms with Crippen LogP contribution in [0.4, 0.5) is 4.39 Å². The Morgan fingerprint density at radius 1 is 1.59 bits per heavy atom. The van der Waals surface area contributed by atoms with E-state index in [4.69, 9.17) is 4.74 Å². The highest BCUT2D eigenvalue weighted by Crippen LogP contribution is 2.17. The second kappa shape index (κ2) is 7.06. The molecule has 0 aliphatic carbocycles. The van der Waals surface area contributed by atoms with E-state index in [0.29, 0.717) is 29.6 Å². The summed E-state index contributed by atoms with van der Waals surface area (Å²) in [6.45, 7) is 4.41. The molecule has 0 aliphatic heterocycles. The number of carbonyl (C=O) groups is 1. The van der Waals surface area contributed by atoms with Gasteiger partial charge in [-0.25, -0.2) is 4.39 Å². The highest BCUT2D eigenvalue weighted by molar-refractivity contribution is 9.10. The van der Waals surface area contributed by atoms with Crippen molar-refractivity contribution < 1.29 is 13.9 Å². The van der Waals surface area contributed by atoms with Gasteiger partial charge in [-0.3, -0.25) is 4.79 Å². The van der Waals surface area contributed by atoms with Gasteiger partial charge in [0.25, 0.3) is 5.91 Å². The summed E-state index contributed by atoms with van der Waals surface area (Å²) in [5.41, 5.74) is 0.413. The summed E-state index contributed by atoms with van der Waals surface area (Å²) in [5, 5.41) is 2.71. The van der Waals surface area contributed by atoms with E-state index in [1.54, 1.807) is 0 Å². The maximum absolute atomic E-state index is 12.8. The average molecular weight is 302 g/mol. The molecule has 0 saturated carbocycles. The second-order valence-corrected chi connectivity index (χ2v) is 4.13. The first-order valence-electron chi connectivity index (χ1n) is 5.11. The van der Waals surface area contributed by atoms with Gasteiger partial charge in [0.05, 0.1) is 18.4 Å². The molecule has 0 bridgehead atoms. The van der Waals surface area contributed by atoms with Gasteiger partial charge in [-0.2, -0.15) is 0 Å². The van der Waals surface area contributed by atoms with Crippen LogP contribution in [0.15, 0.2) is 35.5 Å². The van der Waals surface area contributed by atoms with Gasteiger partial charge in [-0.05, 0) is 40.5 Å². The molecule has 1 amide bonds. The Kier molecular flexibility index (Phi) is 5.69. The number of halogens is 2. The van der Waals surface area contributed by atoms with Crippen LogP contribution in [0, 0.1) is 5.82 Å². The van der Waals surface area contributed by atoms with Gasteiger partial charge in [0.2, 0.25) is 0 Å². The summed E-state index contributed by atoms with van der Waals surface area (Å²) in [6, 6.07) is 3.95. The first kappa shape index (κ1) is 13.7. The fraction of sp³-hybridized carbons (Fsp3) is 0.250. The Labute approximate surface area is 108 Å². The molecule has 0 saturated heterocycles.